The van der Waals surface area contributed by atoms with Crippen LogP contribution in [0.3, 0.4) is 0 Å². The lowest BCUT2D eigenvalue weighted by Crippen LogP contribution is -2.07. The SMILES string of the molecule is C=Cc1cc(CCCCOCC2CO2)c(CCCCOCC2CO2)c(CCCCOCC2CO2)c1. The van der Waals surface area contributed by atoms with Gasteiger partial charge in [-0.15, -0.1) is 0 Å². The Labute approximate surface area is 211 Å². The molecule has 35 heavy (non-hydrogen) atoms. The van der Waals surface area contributed by atoms with E-state index in [1.54, 1.807) is 5.56 Å². The normalized spacial score (nSPS) is 22.3. The van der Waals surface area contributed by atoms with Crippen molar-refractivity contribution in [3.63, 3.8) is 0 Å². The predicted octanol–water partition coefficient (Wildman–Crippen LogP) is 4.54. The van der Waals surface area contributed by atoms with Gasteiger partial charge in [0.25, 0.3) is 0 Å². The third kappa shape index (κ3) is 11.1. The molecule has 3 atom stereocenters. The topological polar surface area (TPSA) is 65.3 Å². The van der Waals surface area contributed by atoms with Gasteiger partial charge in [-0.1, -0.05) is 24.8 Å². The summed E-state index contributed by atoms with van der Waals surface area (Å²) in [6, 6.07) is 4.70. The van der Waals surface area contributed by atoms with Crippen LogP contribution in [0, 0.1) is 0 Å². The Morgan fingerprint density at radius 2 is 1.06 bits per heavy atom. The zero-order valence-electron chi connectivity index (χ0n) is 21.3. The zero-order valence-corrected chi connectivity index (χ0v) is 21.3. The smallest absolute Gasteiger partial charge is 0.104 e. The maximum atomic E-state index is 5.76. The number of ether oxygens (including phenoxy) is 6. The number of aryl methyl sites for hydroxylation is 2. The molecule has 6 nitrogen and oxygen atoms in total. The molecule has 3 saturated heterocycles. The summed E-state index contributed by atoms with van der Waals surface area (Å²) in [5.41, 5.74) is 5.74. The van der Waals surface area contributed by atoms with E-state index in [2.05, 4.69) is 18.7 Å². The molecule has 3 aliphatic rings. The second-order valence-electron chi connectivity index (χ2n) is 9.98. The number of unbranched alkanes of at least 4 members (excludes halogenated alkanes) is 3. The van der Waals surface area contributed by atoms with Crippen molar-refractivity contribution in [3.8, 4) is 0 Å². The van der Waals surface area contributed by atoms with E-state index < -0.39 is 0 Å². The lowest BCUT2D eigenvalue weighted by molar-refractivity contribution is 0.113. The van der Waals surface area contributed by atoms with Crippen molar-refractivity contribution in [2.75, 3.05) is 59.5 Å². The van der Waals surface area contributed by atoms with Gasteiger partial charge in [0.1, 0.15) is 18.3 Å². The summed E-state index contributed by atoms with van der Waals surface area (Å²) < 4.78 is 32.9. The van der Waals surface area contributed by atoms with Gasteiger partial charge in [-0.2, -0.15) is 0 Å². The first-order chi connectivity index (χ1) is 17.3. The predicted molar refractivity (Wildman–Crippen MR) is 137 cm³/mol. The molecule has 0 N–H and O–H groups in total. The third-order valence-corrected chi connectivity index (χ3v) is 6.75. The highest BCUT2D eigenvalue weighted by Gasteiger charge is 2.23. The van der Waals surface area contributed by atoms with Gasteiger partial charge in [-0.05, 0) is 80.0 Å². The van der Waals surface area contributed by atoms with Crippen LogP contribution >= 0.6 is 0 Å². The Balaban J connectivity index is 1.26. The lowest BCUT2D eigenvalue weighted by Gasteiger charge is -2.17. The van der Waals surface area contributed by atoms with Gasteiger partial charge < -0.3 is 28.4 Å². The van der Waals surface area contributed by atoms with Crippen LogP contribution in [0.1, 0.15) is 60.8 Å². The van der Waals surface area contributed by atoms with E-state index in [4.69, 9.17) is 28.4 Å². The van der Waals surface area contributed by atoms with E-state index in [1.165, 1.54) is 16.7 Å². The summed E-state index contributed by atoms with van der Waals surface area (Å²) in [4.78, 5) is 0. The summed E-state index contributed by atoms with van der Waals surface area (Å²) in [6.45, 7) is 11.3. The maximum absolute atomic E-state index is 5.76. The van der Waals surface area contributed by atoms with Gasteiger partial charge in [0.2, 0.25) is 0 Å². The molecule has 196 valence electrons. The lowest BCUT2D eigenvalue weighted by atomic mass is 9.89. The molecular weight excluding hydrogens is 444 g/mol. The summed E-state index contributed by atoms with van der Waals surface area (Å²) in [7, 11) is 0. The fourth-order valence-electron chi connectivity index (χ4n) is 4.39. The molecule has 0 radical (unpaired) electrons. The van der Waals surface area contributed by atoms with Crippen LogP contribution in [-0.4, -0.2) is 77.8 Å². The molecule has 4 rings (SSSR count). The molecule has 0 spiro atoms. The van der Waals surface area contributed by atoms with Crippen molar-refractivity contribution in [2.45, 2.75) is 76.1 Å². The minimum Gasteiger partial charge on any atom is -0.379 e. The van der Waals surface area contributed by atoms with Gasteiger partial charge >= 0.3 is 0 Å². The minimum atomic E-state index is 0.348. The molecule has 1 aromatic carbocycles. The number of epoxide rings is 3. The van der Waals surface area contributed by atoms with E-state index in [-0.39, 0.29) is 0 Å². The van der Waals surface area contributed by atoms with Crippen LogP contribution in [0.25, 0.3) is 6.08 Å². The monoisotopic (exact) mass is 488 g/mol. The molecule has 0 amide bonds. The van der Waals surface area contributed by atoms with E-state index in [0.29, 0.717) is 18.3 Å². The maximum Gasteiger partial charge on any atom is 0.104 e. The van der Waals surface area contributed by atoms with E-state index in [9.17, 15) is 0 Å². The molecule has 6 heteroatoms. The molecule has 3 heterocycles. The van der Waals surface area contributed by atoms with Crippen LogP contribution in [0.5, 0.6) is 0 Å². The highest BCUT2D eigenvalue weighted by Crippen LogP contribution is 2.25. The Morgan fingerprint density at radius 3 is 1.43 bits per heavy atom. The van der Waals surface area contributed by atoms with E-state index in [0.717, 1.165) is 117 Å². The zero-order chi connectivity index (χ0) is 24.1. The Morgan fingerprint density at radius 1 is 0.657 bits per heavy atom. The summed E-state index contributed by atoms with van der Waals surface area (Å²) in [5.74, 6) is 0. The molecule has 0 saturated carbocycles. The van der Waals surface area contributed by atoms with Crippen LogP contribution in [0.4, 0.5) is 0 Å². The Kier molecular flexibility index (Phi) is 11.5. The molecule has 3 unspecified atom stereocenters. The number of hydrogen-bond donors (Lipinski definition) is 0. The molecule has 3 fully saturated rings. The van der Waals surface area contributed by atoms with Crippen molar-refractivity contribution >= 4 is 6.08 Å². The number of hydrogen-bond acceptors (Lipinski definition) is 6. The van der Waals surface area contributed by atoms with Crippen molar-refractivity contribution in [3.05, 3.63) is 41.0 Å². The van der Waals surface area contributed by atoms with E-state index >= 15 is 0 Å². The quantitative estimate of drug-likeness (QED) is 0.176. The van der Waals surface area contributed by atoms with Crippen LogP contribution < -0.4 is 0 Å². The standard InChI is InChI=1S/C29H44O6/c1-2-23-15-24(9-3-6-12-30-17-26-20-33-26)29(11-5-8-14-32-19-28-22-35-28)25(16-23)10-4-7-13-31-18-27-21-34-27/h2,15-16,26-28H,1,3-14,17-22H2. The first-order valence-electron chi connectivity index (χ1n) is 13.7. The third-order valence-electron chi connectivity index (χ3n) is 6.75. The molecular formula is C29H44O6. The molecule has 0 bridgehead atoms. The fraction of sp³-hybridized carbons (Fsp3) is 0.724. The van der Waals surface area contributed by atoms with Gasteiger partial charge in [0.05, 0.1) is 39.6 Å². The average molecular weight is 489 g/mol. The second-order valence-corrected chi connectivity index (χ2v) is 9.98. The van der Waals surface area contributed by atoms with Crippen LogP contribution in [-0.2, 0) is 47.7 Å². The second kappa shape index (κ2) is 15.1. The summed E-state index contributed by atoms with van der Waals surface area (Å²) in [6.07, 6.45) is 13.0. The summed E-state index contributed by atoms with van der Waals surface area (Å²) in [5, 5.41) is 0. The Hall–Kier alpha value is -1.28. The first-order valence-corrected chi connectivity index (χ1v) is 13.7. The Bertz CT molecular complexity index is 709. The largest absolute Gasteiger partial charge is 0.379 e. The highest BCUT2D eigenvalue weighted by molar-refractivity contribution is 5.53. The van der Waals surface area contributed by atoms with Crippen LogP contribution in [0.2, 0.25) is 0 Å². The average Bonchev–Trinajstić information content (AvgIpc) is 3.71. The van der Waals surface area contributed by atoms with Crippen molar-refractivity contribution in [2.24, 2.45) is 0 Å². The molecule has 0 aromatic heterocycles. The number of benzene rings is 1. The van der Waals surface area contributed by atoms with Gasteiger partial charge in [0.15, 0.2) is 0 Å². The van der Waals surface area contributed by atoms with Crippen molar-refractivity contribution in [1.82, 2.24) is 0 Å². The van der Waals surface area contributed by atoms with Crippen molar-refractivity contribution in [1.29, 1.82) is 0 Å². The van der Waals surface area contributed by atoms with Gasteiger partial charge in [-0.3, -0.25) is 0 Å². The highest BCUT2D eigenvalue weighted by atomic mass is 16.6. The number of rotatable bonds is 22. The van der Waals surface area contributed by atoms with E-state index in [1.807, 2.05) is 6.08 Å². The summed E-state index contributed by atoms with van der Waals surface area (Å²) >= 11 is 0. The van der Waals surface area contributed by atoms with Crippen molar-refractivity contribution < 1.29 is 28.4 Å². The van der Waals surface area contributed by atoms with Crippen LogP contribution in [0.15, 0.2) is 18.7 Å². The minimum absolute atomic E-state index is 0.348. The fourth-order valence-corrected chi connectivity index (χ4v) is 4.39. The van der Waals surface area contributed by atoms with Gasteiger partial charge in [-0.25, -0.2) is 0 Å². The first kappa shape index (κ1) is 26.8. The molecule has 1 aromatic rings. The molecule has 0 aliphatic carbocycles. The van der Waals surface area contributed by atoms with Gasteiger partial charge in [0, 0.05) is 19.8 Å². The molecule has 3 aliphatic heterocycles.